The molecule has 2 aliphatic heterocycles. The highest BCUT2D eigenvalue weighted by atomic mass is 32.2. The van der Waals surface area contributed by atoms with Gasteiger partial charge >= 0.3 is 0 Å². The van der Waals surface area contributed by atoms with Gasteiger partial charge in [0.25, 0.3) is 0 Å². The first-order valence-electron chi connectivity index (χ1n) is 7.84. The Labute approximate surface area is 152 Å². The zero-order valence-corrected chi connectivity index (χ0v) is 14.1. The summed E-state index contributed by atoms with van der Waals surface area (Å²) >= 11 is 0.937. The van der Waals surface area contributed by atoms with Crippen molar-refractivity contribution >= 4 is 34.3 Å². The van der Waals surface area contributed by atoms with Crippen LogP contribution in [0.2, 0.25) is 0 Å². The van der Waals surface area contributed by atoms with E-state index in [9.17, 15) is 19.2 Å². The Hall–Kier alpha value is -2.92. The summed E-state index contributed by atoms with van der Waals surface area (Å²) in [5, 5.41) is 16.9. The number of carbonyl (C=O) groups excluding carboxylic acids is 2. The number of benzene rings is 1. The van der Waals surface area contributed by atoms with Gasteiger partial charge < -0.3 is 4.42 Å². The number of anilines is 1. The molecule has 130 valence electrons. The van der Waals surface area contributed by atoms with Crippen LogP contribution >= 0.6 is 11.8 Å². The molecule has 2 fully saturated rings. The molecule has 6 nitrogen and oxygen atoms in total. The number of halogens is 1. The predicted octanol–water partition coefficient (Wildman–Crippen LogP) is 2.92. The van der Waals surface area contributed by atoms with Crippen LogP contribution in [0.15, 0.2) is 47.1 Å². The Morgan fingerprint density at radius 1 is 1.15 bits per heavy atom. The number of amides is 2. The molecule has 0 radical (unpaired) electrons. The van der Waals surface area contributed by atoms with Crippen LogP contribution in [0, 0.1) is 34.4 Å². The third-order valence-corrected chi connectivity index (χ3v) is 5.93. The summed E-state index contributed by atoms with van der Waals surface area (Å²) in [4.78, 5) is 27.0. The van der Waals surface area contributed by atoms with Crippen molar-refractivity contribution in [2.75, 3.05) is 4.90 Å². The van der Waals surface area contributed by atoms with Crippen molar-refractivity contribution in [3.05, 3.63) is 54.2 Å². The first kappa shape index (κ1) is 16.5. The van der Waals surface area contributed by atoms with E-state index in [2.05, 4.69) is 6.07 Å². The van der Waals surface area contributed by atoms with E-state index in [1.807, 2.05) is 0 Å². The van der Waals surface area contributed by atoms with Gasteiger partial charge in [0.1, 0.15) is 22.7 Å². The Kier molecular flexibility index (Phi) is 3.89. The van der Waals surface area contributed by atoms with E-state index >= 15 is 0 Å². The number of thioether (sulfide) groups is 1. The third-order valence-electron chi connectivity index (χ3n) is 4.67. The van der Waals surface area contributed by atoms with Gasteiger partial charge in [-0.1, -0.05) is 11.8 Å². The lowest BCUT2D eigenvalue weighted by Crippen LogP contribution is -2.39. The Morgan fingerprint density at radius 2 is 1.88 bits per heavy atom. The monoisotopic (exact) mass is 369 g/mol. The number of furan rings is 1. The molecule has 0 aliphatic carbocycles. The molecule has 0 saturated carbocycles. The quantitative estimate of drug-likeness (QED) is 0.821. The van der Waals surface area contributed by atoms with Gasteiger partial charge in [0, 0.05) is 0 Å². The Morgan fingerprint density at radius 3 is 2.50 bits per heavy atom. The first-order valence-corrected chi connectivity index (χ1v) is 8.72. The maximum absolute atomic E-state index is 13.2. The fraction of sp³-hybridized carbons (Fsp3) is 0.222. The number of hydrogen-bond donors (Lipinski definition) is 1. The van der Waals surface area contributed by atoms with Gasteiger partial charge in [-0.3, -0.25) is 15.0 Å². The van der Waals surface area contributed by atoms with Crippen molar-refractivity contribution in [3.63, 3.8) is 0 Å². The van der Waals surface area contributed by atoms with E-state index in [-0.39, 0.29) is 10.7 Å². The van der Waals surface area contributed by atoms with Crippen molar-refractivity contribution in [3.8, 4) is 6.07 Å². The molecule has 4 rings (SSSR count). The molecule has 2 aliphatic rings. The molecule has 1 aromatic carbocycles. The number of fused-ring (bicyclic) bond motifs is 1. The number of rotatable bonds is 2. The minimum absolute atomic E-state index is 0.0391. The van der Waals surface area contributed by atoms with E-state index in [1.165, 1.54) is 30.5 Å². The van der Waals surface area contributed by atoms with Gasteiger partial charge in [-0.05, 0) is 36.4 Å². The van der Waals surface area contributed by atoms with Crippen LogP contribution in [0.25, 0.3) is 0 Å². The minimum Gasteiger partial charge on any atom is -0.469 e. The van der Waals surface area contributed by atoms with E-state index in [0.717, 1.165) is 16.7 Å². The molecule has 3 heterocycles. The maximum Gasteiger partial charge on any atom is 0.248 e. The summed E-state index contributed by atoms with van der Waals surface area (Å²) in [6, 6.07) is 10.4. The molecule has 4 atom stereocenters. The highest BCUT2D eigenvalue weighted by Gasteiger charge is 2.59. The fourth-order valence-electron chi connectivity index (χ4n) is 3.52. The normalized spacial score (nSPS) is 28.2. The summed E-state index contributed by atoms with van der Waals surface area (Å²) in [5.74, 6) is -3.39. The molecular formula is C18H12FN3O3S. The molecule has 2 saturated heterocycles. The van der Waals surface area contributed by atoms with Gasteiger partial charge in [-0.2, -0.15) is 5.26 Å². The van der Waals surface area contributed by atoms with Crippen LogP contribution in [-0.2, 0) is 9.59 Å². The highest BCUT2D eigenvalue weighted by Crippen LogP contribution is 2.50. The van der Waals surface area contributed by atoms with Gasteiger partial charge in [0.15, 0.2) is 0 Å². The summed E-state index contributed by atoms with van der Waals surface area (Å²) in [5.41, 5.74) is 0.273. The van der Waals surface area contributed by atoms with E-state index < -0.39 is 40.6 Å². The van der Waals surface area contributed by atoms with Gasteiger partial charge in [-0.15, -0.1) is 0 Å². The second-order valence-electron chi connectivity index (χ2n) is 6.06. The average Bonchev–Trinajstić information content (AvgIpc) is 3.23. The molecule has 0 bridgehead atoms. The largest absolute Gasteiger partial charge is 0.469 e. The number of imide groups is 1. The van der Waals surface area contributed by atoms with E-state index in [4.69, 9.17) is 9.83 Å². The number of carbonyl (C=O) groups is 2. The molecule has 2 amide bonds. The first-order chi connectivity index (χ1) is 12.5. The summed E-state index contributed by atoms with van der Waals surface area (Å²) in [6.45, 7) is 0. The second-order valence-corrected chi connectivity index (χ2v) is 7.25. The predicted molar refractivity (Wildman–Crippen MR) is 92.0 cm³/mol. The fourth-order valence-corrected chi connectivity index (χ4v) is 4.78. The number of nitrogens with one attached hydrogen (secondary N) is 1. The van der Waals surface area contributed by atoms with E-state index in [0.29, 0.717) is 5.76 Å². The van der Waals surface area contributed by atoms with Crippen LogP contribution in [-0.4, -0.2) is 22.1 Å². The molecule has 1 aromatic heterocycles. The molecule has 1 unspecified atom stereocenters. The maximum atomic E-state index is 13.2. The lowest BCUT2D eigenvalue weighted by atomic mass is 9.79. The van der Waals surface area contributed by atoms with Crippen molar-refractivity contribution < 1.29 is 18.4 Å². The van der Waals surface area contributed by atoms with Gasteiger partial charge in [0.2, 0.25) is 11.8 Å². The van der Waals surface area contributed by atoms with Gasteiger partial charge in [0.05, 0.1) is 34.9 Å². The van der Waals surface area contributed by atoms with Crippen molar-refractivity contribution in [1.29, 1.82) is 10.7 Å². The summed E-state index contributed by atoms with van der Waals surface area (Å²) in [7, 11) is 0. The Bertz CT molecular complexity index is 936. The SMILES string of the molecule is N#CC1C(=N)S[C@@H]2C(=O)N(c3ccc(F)cc3)C(=O)[C@@H]2[C@@H]1c1ccco1. The topological polar surface area (TPSA) is 98.2 Å². The lowest BCUT2D eigenvalue weighted by Gasteiger charge is -2.32. The van der Waals surface area contributed by atoms with Crippen LogP contribution in [0.1, 0.15) is 11.7 Å². The van der Waals surface area contributed by atoms with Gasteiger partial charge in [-0.25, -0.2) is 9.29 Å². The van der Waals surface area contributed by atoms with Crippen LogP contribution in [0.3, 0.4) is 0 Å². The molecule has 1 N–H and O–H groups in total. The lowest BCUT2D eigenvalue weighted by molar-refractivity contribution is -0.122. The van der Waals surface area contributed by atoms with E-state index in [1.54, 1.807) is 12.1 Å². The van der Waals surface area contributed by atoms with Crippen molar-refractivity contribution in [2.24, 2.45) is 11.8 Å². The zero-order valence-electron chi connectivity index (χ0n) is 13.3. The zero-order chi connectivity index (χ0) is 18.4. The molecular weight excluding hydrogens is 357 g/mol. The average molecular weight is 369 g/mol. The number of nitrogens with zero attached hydrogens (tertiary/aromatic N) is 2. The minimum atomic E-state index is -0.864. The smallest absolute Gasteiger partial charge is 0.248 e. The number of hydrogen-bond acceptors (Lipinski definition) is 6. The number of nitriles is 1. The van der Waals surface area contributed by atoms with Crippen molar-refractivity contribution in [1.82, 2.24) is 0 Å². The van der Waals surface area contributed by atoms with Crippen LogP contribution in [0.5, 0.6) is 0 Å². The summed E-state index contributed by atoms with van der Waals surface area (Å²) in [6.07, 6.45) is 1.43. The molecule has 26 heavy (non-hydrogen) atoms. The third kappa shape index (κ3) is 2.35. The van der Waals surface area contributed by atoms with Crippen molar-refractivity contribution in [2.45, 2.75) is 11.2 Å². The van der Waals surface area contributed by atoms with Crippen LogP contribution < -0.4 is 4.90 Å². The molecule has 8 heteroatoms. The second kappa shape index (κ2) is 6.11. The summed E-state index contributed by atoms with van der Waals surface area (Å²) < 4.78 is 18.6. The standard InChI is InChI=1S/C18H12FN3O3S/c19-9-3-5-10(6-4-9)22-17(23)14-13(12-2-1-7-25-12)11(8-20)16(21)26-15(14)18(22)24/h1-7,11,13-15,21H/t11?,13-,14+,15-/m0/s1. The molecule has 2 aromatic rings. The highest BCUT2D eigenvalue weighted by molar-refractivity contribution is 8.15. The molecule has 0 spiro atoms. The Balaban J connectivity index is 1.80. The van der Waals surface area contributed by atoms with Crippen LogP contribution in [0.4, 0.5) is 10.1 Å².